The highest BCUT2D eigenvalue weighted by Crippen LogP contribution is 2.02. The second kappa shape index (κ2) is 7.41. The minimum atomic E-state index is 0. The lowest BCUT2D eigenvalue weighted by atomic mass is 10.3. The molecule has 0 aliphatic carbocycles. The van der Waals surface area contributed by atoms with Gasteiger partial charge in [0.05, 0.1) is 0 Å². The maximum absolute atomic E-state index is 8.63. The van der Waals surface area contributed by atoms with E-state index in [2.05, 4.69) is 0 Å². The number of hydrogen-bond acceptors (Lipinski definition) is 2. The number of aromatic hydroxyl groups is 1. The Balaban J connectivity index is 0.000000245. The van der Waals surface area contributed by atoms with Gasteiger partial charge in [-0.3, -0.25) is 0 Å². The summed E-state index contributed by atoms with van der Waals surface area (Å²) in [7, 11) is 0. The first-order chi connectivity index (χ1) is 6.79. The minimum Gasteiger partial charge on any atom is -0.508 e. The van der Waals surface area contributed by atoms with Crippen molar-refractivity contribution < 1.29 is 10.6 Å². The molecule has 0 radical (unpaired) electrons. The maximum Gasteiger partial charge on any atom is 0.115 e. The first-order valence-electron chi connectivity index (χ1n) is 4.33. The topological polar surface area (TPSA) is 77.8 Å². The second-order valence-corrected chi connectivity index (χ2v) is 2.75. The van der Waals surface area contributed by atoms with Crippen LogP contribution in [-0.2, 0) is 0 Å². The highest BCUT2D eigenvalue weighted by atomic mass is 16.3. The number of para-hydroxylation sites is 2. The zero-order valence-electron chi connectivity index (χ0n) is 8.30. The van der Waals surface area contributed by atoms with Gasteiger partial charge < -0.3 is 16.3 Å². The monoisotopic (exact) mass is 205 g/mol. The molecule has 2 aromatic carbocycles. The summed E-state index contributed by atoms with van der Waals surface area (Å²) in [5, 5.41) is 8.63. The molecule has 0 atom stereocenters. The predicted octanol–water partition coefficient (Wildman–Crippen LogP) is 1.84. The van der Waals surface area contributed by atoms with E-state index in [-0.39, 0.29) is 5.48 Å². The highest BCUT2D eigenvalue weighted by molar-refractivity contribution is 5.35. The molecule has 80 valence electrons. The van der Waals surface area contributed by atoms with Crippen molar-refractivity contribution in [1.29, 1.82) is 0 Å². The van der Waals surface area contributed by atoms with Crippen LogP contribution in [0.1, 0.15) is 0 Å². The van der Waals surface area contributed by atoms with E-state index in [1.807, 2.05) is 36.4 Å². The third kappa shape index (κ3) is 6.12. The highest BCUT2D eigenvalue weighted by Gasteiger charge is 1.74. The Bertz CT molecular complexity index is 311. The normalized spacial score (nSPS) is 8.00. The van der Waals surface area contributed by atoms with E-state index < -0.39 is 0 Å². The third-order valence-electron chi connectivity index (χ3n) is 1.56. The molecule has 0 aromatic heterocycles. The predicted molar refractivity (Wildman–Crippen MR) is 62.6 cm³/mol. The van der Waals surface area contributed by atoms with Gasteiger partial charge in [-0.15, -0.1) is 0 Å². The Morgan fingerprint density at radius 3 is 1.33 bits per heavy atom. The van der Waals surface area contributed by atoms with Crippen LogP contribution in [-0.4, -0.2) is 10.6 Å². The van der Waals surface area contributed by atoms with Crippen LogP contribution in [0.3, 0.4) is 0 Å². The Hall–Kier alpha value is -2.00. The molecule has 0 bridgehead atoms. The van der Waals surface area contributed by atoms with Crippen LogP contribution in [0.2, 0.25) is 0 Å². The molecule has 0 saturated heterocycles. The lowest BCUT2D eigenvalue weighted by Gasteiger charge is -1.83. The average Bonchev–Trinajstić information content (AvgIpc) is 2.21. The van der Waals surface area contributed by atoms with Gasteiger partial charge in [-0.05, 0) is 24.3 Å². The minimum absolute atomic E-state index is 0. The second-order valence-electron chi connectivity index (χ2n) is 2.75. The van der Waals surface area contributed by atoms with Crippen LogP contribution in [0.15, 0.2) is 60.7 Å². The number of hydrogen-bond donors (Lipinski definition) is 2. The smallest absolute Gasteiger partial charge is 0.115 e. The quantitative estimate of drug-likeness (QED) is 0.643. The number of nitrogen functional groups attached to an aromatic ring is 1. The van der Waals surface area contributed by atoms with Crippen molar-refractivity contribution in [2.45, 2.75) is 0 Å². The van der Waals surface area contributed by atoms with Crippen LogP contribution in [0.25, 0.3) is 0 Å². The summed E-state index contributed by atoms with van der Waals surface area (Å²) >= 11 is 0. The van der Waals surface area contributed by atoms with Gasteiger partial charge in [0.1, 0.15) is 5.75 Å². The van der Waals surface area contributed by atoms with Crippen molar-refractivity contribution in [1.82, 2.24) is 0 Å². The van der Waals surface area contributed by atoms with Crippen molar-refractivity contribution in [3.05, 3.63) is 60.7 Å². The number of nitrogens with two attached hydrogens (primary N) is 1. The van der Waals surface area contributed by atoms with Gasteiger partial charge in [-0.2, -0.15) is 0 Å². The van der Waals surface area contributed by atoms with Crippen LogP contribution in [0.5, 0.6) is 5.75 Å². The fraction of sp³-hybridized carbons (Fsp3) is 0. The largest absolute Gasteiger partial charge is 0.508 e. The summed E-state index contributed by atoms with van der Waals surface area (Å²) in [4.78, 5) is 0. The molecular formula is C12H15NO2. The lowest BCUT2D eigenvalue weighted by Crippen LogP contribution is -1.79. The number of anilines is 1. The molecule has 0 spiro atoms. The molecule has 0 aliphatic rings. The fourth-order valence-corrected chi connectivity index (χ4v) is 0.881. The number of benzene rings is 2. The zero-order valence-corrected chi connectivity index (χ0v) is 8.30. The van der Waals surface area contributed by atoms with Crippen molar-refractivity contribution >= 4 is 5.69 Å². The summed E-state index contributed by atoms with van der Waals surface area (Å²) < 4.78 is 0. The molecule has 5 N–H and O–H groups in total. The van der Waals surface area contributed by atoms with Gasteiger partial charge in [-0.25, -0.2) is 0 Å². The van der Waals surface area contributed by atoms with Gasteiger partial charge in [0.25, 0.3) is 0 Å². The molecular weight excluding hydrogens is 190 g/mol. The van der Waals surface area contributed by atoms with Crippen LogP contribution < -0.4 is 5.73 Å². The van der Waals surface area contributed by atoms with Crippen LogP contribution in [0, 0.1) is 0 Å². The van der Waals surface area contributed by atoms with E-state index in [0.717, 1.165) is 5.69 Å². The molecule has 15 heavy (non-hydrogen) atoms. The van der Waals surface area contributed by atoms with Crippen molar-refractivity contribution in [3.8, 4) is 5.75 Å². The molecule has 0 saturated carbocycles. The molecule has 3 nitrogen and oxygen atoms in total. The molecule has 0 unspecified atom stereocenters. The van der Waals surface area contributed by atoms with Gasteiger partial charge in [0.2, 0.25) is 0 Å². The van der Waals surface area contributed by atoms with Gasteiger partial charge in [-0.1, -0.05) is 36.4 Å². The fourth-order valence-electron chi connectivity index (χ4n) is 0.881. The van der Waals surface area contributed by atoms with Crippen molar-refractivity contribution in [2.75, 3.05) is 5.73 Å². The summed E-state index contributed by atoms with van der Waals surface area (Å²) in [6.45, 7) is 0. The van der Waals surface area contributed by atoms with E-state index in [0.29, 0.717) is 5.75 Å². The Kier molecular flexibility index (Phi) is 6.42. The zero-order chi connectivity index (χ0) is 10.2. The van der Waals surface area contributed by atoms with Gasteiger partial charge >= 0.3 is 0 Å². The van der Waals surface area contributed by atoms with Crippen LogP contribution in [0.4, 0.5) is 5.69 Å². The molecule has 0 amide bonds. The van der Waals surface area contributed by atoms with E-state index in [1.54, 1.807) is 24.3 Å². The first kappa shape index (κ1) is 13.0. The maximum atomic E-state index is 8.63. The summed E-state index contributed by atoms with van der Waals surface area (Å²) in [6.07, 6.45) is 0. The van der Waals surface area contributed by atoms with Crippen molar-refractivity contribution in [3.63, 3.8) is 0 Å². The molecule has 2 aromatic rings. The van der Waals surface area contributed by atoms with Crippen molar-refractivity contribution in [2.24, 2.45) is 0 Å². The van der Waals surface area contributed by atoms with E-state index in [9.17, 15) is 0 Å². The summed E-state index contributed by atoms with van der Waals surface area (Å²) in [5.41, 5.74) is 6.18. The Labute approximate surface area is 89.1 Å². The standard InChI is InChI=1S/C6H7N.C6H6O.H2O/c2*7-6-4-2-1-3-5-6;/h1-5H,7H2;1-5,7H;1H2. The Morgan fingerprint density at radius 1 is 0.733 bits per heavy atom. The van der Waals surface area contributed by atoms with Gasteiger partial charge in [0, 0.05) is 5.69 Å². The molecule has 0 fully saturated rings. The van der Waals surface area contributed by atoms with Crippen LogP contribution >= 0.6 is 0 Å². The molecule has 2 rings (SSSR count). The number of phenols is 1. The Morgan fingerprint density at radius 2 is 1.13 bits per heavy atom. The number of phenolic OH excluding ortho intramolecular Hbond substituents is 1. The lowest BCUT2D eigenvalue weighted by molar-refractivity contribution is 0.475. The van der Waals surface area contributed by atoms with E-state index in [1.165, 1.54) is 0 Å². The molecule has 0 heterocycles. The average molecular weight is 205 g/mol. The molecule has 3 heteroatoms. The van der Waals surface area contributed by atoms with Gasteiger partial charge in [0.15, 0.2) is 0 Å². The third-order valence-corrected chi connectivity index (χ3v) is 1.56. The SMILES string of the molecule is Nc1ccccc1.O.Oc1ccccc1. The summed E-state index contributed by atoms with van der Waals surface area (Å²) in [5.74, 6) is 0.322. The number of rotatable bonds is 0. The van der Waals surface area contributed by atoms with E-state index in [4.69, 9.17) is 10.8 Å². The van der Waals surface area contributed by atoms with E-state index >= 15 is 0 Å². The first-order valence-corrected chi connectivity index (χ1v) is 4.33. The molecule has 0 aliphatic heterocycles. The summed E-state index contributed by atoms with van der Waals surface area (Å²) in [6, 6.07) is 18.2.